The number of anilines is 3. The zero-order chi connectivity index (χ0) is 14.9. The summed E-state index contributed by atoms with van der Waals surface area (Å²) in [5.74, 6) is -4.47. The average Bonchev–Trinajstić information content (AvgIpc) is 2.34. The number of amides is 1. The van der Waals surface area contributed by atoms with Crippen LogP contribution in [0.3, 0.4) is 0 Å². The molecule has 0 spiro atoms. The van der Waals surface area contributed by atoms with Crippen molar-refractivity contribution in [3.05, 3.63) is 47.4 Å². The summed E-state index contributed by atoms with van der Waals surface area (Å²) in [5, 5.41) is 2.26. The highest BCUT2D eigenvalue weighted by atomic mass is 19.1. The number of hydrogen-bond acceptors (Lipinski definition) is 4. The van der Waals surface area contributed by atoms with Crippen LogP contribution >= 0.6 is 0 Å². The Kier molecular flexibility index (Phi) is 3.47. The van der Waals surface area contributed by atoms with E-state index in [0.29, 0.717) is 12.1 Å². The van der Waals surface area contributed by atoms with Crippen LogP contribution in [0, 0.1) is 17.5 Å². The Morgan fingerprint density at radius 2 is 1.75 bits per heavy atom. The summed E-state index contributed by atoms with van der Waals surface area (Å²) >= 11 is 0. The third-order valence-corrected chi connectivity index (χ3v) is 2.42. The first-order valence-electron chi connectivity index (χ1n) is 5.35. The molecule has 0 fully saturated rings. The van der Waals surface area contributed by atoms with Gasteiger partial charge in [-0.1, -0.05) is 0 Å². The lowest BCUT2D eigenvalue weighted by atomic mass is 10.2. The summed E-state index contributed by atoms with van der Waals surface area (Å²) in [4.78, 5) is 15.0. The minimum Gasteiger partial charge on any atom is -0.397 e. The number of carbonyl (C=O) groups is 1. The van der Waals surface area contributed by atoms with Crippen molar-refractivity contribution in [3.63, 3.8) is 0 Å². The van der Waals surface area contributed by atoms with Crippen molar-refractivity contribution in [2.45, 2.75) is 0 Å². The second-order valence-corrected chi connectivity index (χ2v) is 3.90. The van der Waals surface area contributed by atoms with Crippen LogP contribution in [0.25, 0.3) is 0 Å². The lowest BCUT2D eigenvalue weighted by molar-refractivity contribution is 0.100. The number of halogens is 3. The molecule has 5 nitrogen and oxygen atoms in total. The molecule has 0 unspecified atom stereocenters. The Morgan fingerprint density at radius 1 is 1.15 bits per heavy atom. The molecular weight excluding hydrogens is 273 g/mol. The van der Waals surface area contributed by atoms with E-state index < -0.39 is 29.0 Å². The van der Waals surface area contributed by atoms with E-state index in [1.165, 1.54) is 12.3 Å². The van der Waals surface area contributed by atoms with Crippen LogP contribution in [0.4, 0.5) is 30.4 Å². The summed E-state index contributed by atoms with van der Waals surface area (Å²) < 4.78 is 39.8. The van der Waals surface area contributed by atoms with Gasteiger partial charge in [-0.3, -0.25) is 4.79 Å². The van der Waals surface area contributed by atoms with Gasteiger partial charge in [0, 0.05) is 12.1 Å². The van der Waals surface area contributed by atoms with Crippen molar-refractivity contribution in [1.29, 1.82) is 0 Å². The molecule has 104 valence electrons. The maximum absolute atomic E-state index is 13.5. The highest BCUT2D eigenvalue weighted by Gasteiger charge is 2.16. The zero-order valence-electron chi connectivity index (χ0n) is 9.95. The third-order valence-electron chi connectivity index (χ3n) is 2.42. The van der Waals surface area contributed by atoms with Crippen LogP contribution in [0.15, 0.2) is 24.4 Å². The molecule has 20 heavy (non-hydrogen) atoms. The van der Waals surface area contributed by atoms with Gasteiger partial charge in [0.2, 0.25) is 0 Å². The fourth-order valence-corrected chi connectivity index (χ4v) is 1.55. The van der Waals surface area contributed by atoms with Crippen molar-refractivity contribution in [2.24, 2.45) is 5.73 Å². The minimum atomic E-state index is -1.17. The molecule has 1 heterocycles. The topological polar surface area (TPSA) is 94.0 Å². The first-order valence-corrected chi connectivity index (χ1v) is 5.35. The lowest BCUT2D eigenvalue weighted by Gasteiger charge is -2.11. The molecular formula is C12H9F3N4O. The van der Waals surface area contributed by atoms with Crippen LogP contribution in [0.5, 0.6) is 0 Å². The van der Waals surface area contributed by atoms with Gasteiger partial charge < -0.3 is 16.8 Å². The smallest absolute Gasteiger partial charge is 0.252 e. The molecule has 0 atom stereocenters. The van der Waals surface area contributed by atoms with Gasteiger partial charge in [-0.2, -0.15) is 0 Å². The molecule has 0 saturated heterocycles. The third kappa shape index (κ3) is 2.63. The summed E-state index contributed by atoms with van der Waals surface area (Å²) in [6, 6.07) is 2.19. The standard InChI is InChI=1S/C12H9F3N4O/c13-5-1-8(14)10(9(15)2-5)19-12-7(11(17)20)3-6(16)4-18-12/h1-4H,16H2,(H2,17,20)(H,18,19). The number of benzene rings is 1. The normalized spacial score (nSPS) is 10.3. The van der Waals surface area contributed by atoms with Gasteiger partial charge in [0.05, 0.1) is 17.4 Å². The van der Waals surface area contributed by atoms with E-state index in [9.17, 15) is 18.0 Å². The van der Waals surface area contributed by atoms with Gasteiger partial charge in [0.1, 0.15) is 17.3 Å². The predicted molar refractivity (Wildman–Crippen MR) is 66.8 cm³/mol. The second-order valence-electron chi connectivity index (χ2n) is 3.90. The van der Waals surface area contributed by atoms with Crippen LogP contribution in [-0.4, -0.2) is 10.9 Å². The van der Waals surface area contributed by atoms with E-state index in [2.05, 4.69) is 10.3 Å². The first kappa shape index (κ1) is 13.7. The number of nitrogens with one attached hydrogen (secondary N) is 1. The van der Waals surface area contributed by atoms with E-state index in [0.717, 1.165) is 0 Å². The Morgan fingerprint density at radius 3 is 2.30 bits per heavy atom. The number of carbonyl (C=O) groups excluding carboxylic acids is 1. The van der Waals surface area contributed by atoms with Gasteiger partial charge >= 0.3 is 0 Å². The van der Waals surface area contributed by atoms with Crippen LogP contribution in [-0.2, 0) is 0 Å². The highest BCUT2D eigenvalue weighted by molar-refractivity contribution is 5.99. The van der Waals surface area contributed by atoms with Crippen molar-refractivity contribution >= 4 is 23.1 Å². The Bertz CT molecular complexity index is 667. The van der Waals surface area contributed by atoms with Crippen LogP contribution in [0.2, 0.25) is 0 Å². The molecule has 0 aliphatic carbocycles. The van der Waals surface area contributed by atoms with Gasteiger partial charge in [0.15, 0.2) is 11.6 Å². The van der Waals surface area contributed by atoms with Crippen LogP contribution < -0.4 is 16.8 Å². The van der Waals surface area contributed by atoms with Gasteiger partial charge in [-0.15, -0.1) is 0 Å². The summed E-state index contributed by atoms with van der Waals surface area (Å²) in [6.45, 7) is 0. The number of nitrogens with zero attached hydrogens (tertiary/aromatic N) is 1. The molecule has 5 N–H and O–H groups in total. The Labute approximate surface area is 111 Å². The fraction of sp³-hybridized carbons (Fsp3) is 0. The van der Waals surface area contributed by atoms with Crippen molar-refractivity contribution in [3.8, 4) is 0 Å². The highest BCUT2D eigenvalue weighted by Crippen LogP contribution is 2.25. The number of aromatic nitrogens is 1. The number of primary amides is 1. The molecule has 0 radical (unpaired) electrons. The largest absolute Gasteiger partial charge is 0.397 e. The molecule has 0 aliphatic heterocycles. The summed E-state index contributed by atoms with van der Waals surface area (Å²) in [7, 11) is 0. The predicted octanol–water partition coefficient (Wildman–Crippen LogP) is 1.92. The summed E-state index contributed by atoms with van der Waals surface area (Å²) in [6.07, 6.45) is 1.17. The zero-order valence-corrected chi connectivity index (χ0v) is 9.95. The molecule has 8 heteroatoms. The molecule has 0 aliphatic rings. The van der Waals surface area contributed by atoms with E-state index in [4.69, 9.17) is 11.5 Å². The minimum absolute atomic E-state index is 0.145. The maximum atomic E-state index is 13.5. The molecule has 1 amide bonds. The average molecular weight is 282 g/mol. The van der Waals surface area contributed by atoms with E-state index >= 15 is 0 Å². The Hall–Kier alpha value is -2.77. The second kappa shape index (κ2) is 5.08. The quantitative estimate of drug-likeness (QED) is 0.801. The molecule has 1 aromatic carbocycles. The van der Waals surface area contributed by atoms with E-state index in [1.54, 1.807) is 0 Å². The molecule has 0 bridgehead atoms. The number of nitrogens with two attached hydrogens (primary N) is 2. The number of rotatable bonds is 3. The number of hydrogen-bond donors (Lipinski definition) is 3. The molecule has 0 saturated carbocycles. The van der Waals surface area contributed by atoms with Crippen molar-refractivity contribution in [1.82, 2.24) is 4.98 Å². The SMILES string of the molecule is NC(=O)c1cc(N)cnc1Nc1c(F)cc(F)cc1F. The molecule has 2 aromatic rings. The lowest BCUT2D eigenvalue weighted by Crippen LogP contribution is -2.15. The van der Waals surface area contributed by atoms with Gasteiger partial charge in [0.25, 0.3) is 5.91 Å². The van der Waals surface area contributed by atoms with Crippen molar-refractivity contribution < 1.29 is 18.0 Å². The molecule has 2 rings (SSSR count). The monoisotopic (exact) mass is 282 g/mol. The summed E-state index contributed by atoms with van der Waals surface area (Å²) in [5.41, 5.74) is 9.92. The van der Waals surface area contributed by atoms with E-state index in [-0.39, 0.29) is 17.1 Å². The maximum Gasteiger partial charge on any atom is 0.252 e. The van der Waals surface area contributed by atoms with E-state index in [1.807, 2.05) is 0 Å². The fourth-order valence-electron chi connectivity index (χ4n) is 1.55. The van der Waals surface area contributed by atoms with Gasteiger partial charge in [-0.25, -0.2) is 18.2 Å². The Balaban J connectivity index is 2.48. The number of pyridine rings is 1. The number of nitrogen functional groups attached to an aromatic ring is 1. The van der Waals surface area contributed by atoms with Crippen molar-refractivity contribution in [2.75, 3.05) is 11.1 Å². The first-order chi connectivity index (χ1) is 9.38. The molecule has 1 aromatic heterocycles. The van der Waals surface area contributed by atoms with Crippen LogP contribution in [0.1, 0.15) is 10.4 Å². The van der Waals surface area contributed by atoms with Gasteiger partial charge in [-0.05, 0) is 6.07 Å².